The molecule has 0 spiro atoms. The van der Waals surface area contributed by atoms with E-state index in [0.29, 0.717) is 37.3 Å². The first kappa shape index (κ1) is 13.8. The van der Waals surface area contributed by atoms with Gasteiger partial charge in [-0.1, -0.05) is 5.16 Å². The van der Waals surface area contributed by atoms with Gasteiger partial charge in [0.2, 0.25) is 0 Å². The van der Waals surface area contributed by atoms with Crippen molar-refractivity contribution in [3.05, 3.63) is 41.8 Å². The standard InChI is InChI=1S/C15H15FN2O3/c16-11-3-1-10(2-4-11)14-9-13(17-21-14)15(20)18-7-5-12(19)6-8-18/h1-4,9,12,19H,5-8H2. The number of carbonyl (C=O) groups excluding carboxylic acids is 1. The summed E-state index contributed by atoms with van der Waals surface area (Å²) in [6.07, 6.45) is 0.823. The number of amides is 1. The second-order valence-electron chi connectivity index (χ2n) is 5.11. The van der Waals surface area contributed by atoms with Crippen LogP contribution in [-0.2, 0) is 0 Å². The van der Waals surface area contributed by atoms with Crippen molar-refractivity contribution in [1.82, 2.24) is 10.1 Å². The number of nitrogens with zero attached hydrogens (tertiary/aromatic N) is 2. The van der Waals surface area contributed by atoms with Crippen LogP contribution in [0.3, 0.4) is 0 Å². The normalized spacial score (nSPS) is 16.2. The van der Waals surface area contributed by atoms with E-state index < -0.39 is 0 Å². The molecular formula is C15H15FN2O3. The lowest BCUT2D eigenvalue weighted by molar-refractivity contribution is 0.0538. The quantitative estimate of drug-likeness (QED) is 0.919. The summed E-state index contributed by atoms with van der Waals surface area (Å²) in [4.78, 5) is 13.9. The molecule has 110 valence electrons. The van der Waals surface area contributed by atoms with E-state index in [9.17, 15) is 14.3 Å². The number of aliphatic hydroxyl groups excluding tert-OH is 1. The Balaban J connectivity index is 1.75. The van der Waals surface area contributed by atoms with Gasteiger partial charge in [-0.2, -0.15) is 0 Å². The van der Waals surface area contributed by atoms with Crippen molar-refractivity contribution in [3.8, 4) is 11.3 Å². The second-order valence-corrected chi connectivity index (χ2v) is 5.11. The van der Waals surface area contributed by atoms with Crippen LogP contribution in [0.15, 0.2) is 34.9 Å². The highest BCUT2D eigenvalue weighted by molar-refractivity contribution is 5.93. The van der Waals surface area contributed by atoms with Gasteiger partial charge in [-0.15, -0.1) is 0 Å². The minimum Gasteiger partial charge on any atom is -0.393 e. The summed E-state index contributed by atoms with van der Waals surface area (Å²) in [5.41, 5.74) is 0.891. The Kier molecular flexibility index (Phi) is 3.70. The van der Waals surface area contributed by atoms with Crippen molar-refractivity contribution in [3.63, 3.8) is 0 Å². The number of rotatable bonds is 2. The molecule has 0 saturated carbocycles. The monoisotopic (exact) mass is 290 g/mol. The first-order valence-electron chi connectivity index (χ1n) is 6.83. The third kappa shape index (κ3) is 2.95. The summed E-state index contributed by atoms with van der Waals surface area (Å²) in [6, 6.07) is 7.35. The van der Waals surface area contributed by atoms with Crippen LogP contribution in [0, 0.1) is 5.82 Å². The van der Waals surface area contributed by atoms with E-state index >= 15 is 0 Å². The van der Waals surface area contributed by atoms with Crippen molar-refractivity contribution in [2.75, 3.05) is 13.1 Å². The van der Waals surface area contributed by atoms with Crippen molar-refractivity contribution in [2.24, 2.45) is 0 Å². The Hall–Kier alpha value is -2.21. The van der Waals surface area contributed by atoms with Gasteiger partial charge in [0.15, 0.2) is 11.5 Å². The van der Waals surface area contributed by atoms with E-state index in [2.05, 4.69) is 5.16 Å². The summed E-state index contributed by atoms with van der Waals surface area (Å²) < 4.78 is 18.0. The van der Waals surface area contributed by atoms with Crippen LogP contribution >= 0.6 is 0 Å². The summed E-state index contributed by atoms with van der Waals surface area (Å²) in [5.74, 6) is -0.115. The molecule has 1 N–H and O–H groups in total. The smallest absolute Gasteiger partial charge is 0.276 e. The number of benzene rings is 1. The third-order valence-electron chi connectivity index (χ3n) is 3.61. The summed E-state index contributed by atoms with van der Waals surface area (Å²) in [7, 11) is 0. The lowest BCUT2D eigenvalue weighted by Crippen LogP contribution is -2.40. The molecule has 3 rings (SSSR count). The van der Waals surface area contributed by atoms with Gasteiger partial charge in [-0.05, 0) is 37.1 Å². The molecule has 2 heterocycles. The Morgan fingerprint density at radius 2 is 1.95 bits per heavy atom. The molecule has 0 aliphatic carbocycles. The number of carbonyl (C=O) groups is 1. The van der Waals surface area contributed by atoms with Gasteiger partial charge < -0.3 is 14.5 Å². The molecule has 0 radical (unpaired) electrons. The Bertz CT molecular complexity index is 631. The molecule has 21 heavy (non-hydrogen) atoms. The molecule has 1 aromatic carbocycles. The first-order chi connectivity index (χ1) is 10.1. The number of aliphatic hydroxyl groups is 1. The van der Waals surface area contributed by atoms with Crippen LogP contribution < -0.4 is 0 Å². The van der Waals surface area contributed by atoms with E-state index in [0.717, 1.165) is 0 Å². The van der Waals surface area contributed by atoms with Crippen molar-refractivity contribution < 1.29 is 18.8 Å². The molecule has 1 aliphatic heterocycles. The van der Waals surface area contributed by atoms with Crippen LogP contribution in [0.1, 0.15) is 23.3 Å². The number of aromatic nitrogens is 1. The van der Waals surface area contributed by atoms with Crippen LogP contribution in [0.4, 0.5) is 4.39 Å². The molecule has 1 aromatic heterocycles. The van der Waals surface area contributed by atoms with Gasteiger partial charge in [0, 0.05) is 24.7 Å². The maximum absolute atomic E-state index is 12.9. The van der Waals surface area contributed by atoms with E-state index in [4.69, 9.17) is 4.52 Å². The van der Waals surface area contributed by atoms with E-state index in [1.165, 1.54) is 12.1 Å². The summed E-state index contributed by atoms with van der Waals surface area (Å²) in [5, 5.41) is 13.2. The van der Waals surface area contributed by atoms with E-state index in [1.807, 2.05) is 0 Å². The molecule has 1 saturated heterocycles. The van der Waals surface area contributed by atoms with Crippen LogP contribution in [0.5, 0.6) is 0 Å². The second kappa shape index (κ2) is 5.65. The minimum atomic E-state index is -0.332. The highest BCUT2D eigenvalue weighted by Crippen LogP contribution is 2.22. The van der Waals surface area contributed by atoms with Gasteiger partial charge in [0.1, 0.15) is 5.82 Å². The SMILES string of the molecule is O=C(c1cc(-c2ccc(F)cc2)on1)N1CCC(O)CC1. The minimum absolute atomic E-state index is 0.209. The average molecular weight is 290 g/mol. The number of hydrogen-bond donors (Lipinski definition) is 1. The Labute approximate surface area is 121 Å². The molecule has 0 bridgehead atoms. The Morgan fingerprint density at radius 3 is 2.62 bits per heavy atom. The fourth-order valence-corrected chi connectivity index (χ4v) is 2.36. The molecule has 1 amide bonds. The highest BCUT2D eigenvalue weighted by Gasteiger charge is 2.24. The number of halogens is 1. The number of likely N-dealkylation sites (tertiary alicyclic amines) is 1. The van der Waals surface area contributed by atoms with Crippen LogP contribution in [0.2, 0.25) is 0 Å². The molecule has 2 aromatic rings. The zero-order chi connectivity index (χ0) is 14.8. The molecule has 1 aliphatic rings. The average Bonchev–Trinajstić information content (AvgIpc) is 2.98. The van der Waals surface area contributed by atoms with Gasteiger partial charge in [-0.3, -0.25) is 4.79 Å². The number of hydrogen-bond acceptors (Lipinski definition) is 4. The van der Waals surface area contributed by atoms with Crippen LogP contribution in [-0.4, -0.2) is 40.3 Å². The van der Waals surface area contributed by atoms with Crippen molar-refractivity contribution >= 4 is 5.91 Å². The topological polar surface area (TPSA) is 66.6 Å². The summed E-state index contributed by atoms with van der Waals surface area (Å²) >= 11 is 0. The lowest BCUT2D eigenvalue weighted by Gasteiger charge is -2.28. The fourth-order valence-electron chi connectivity index (χ4n) is 2.36. The summed E-state index contributed by atoms with van der Waals surface area (Å²) in [6.45, 7) is 1.03. The predicted octanol–water partition coefficient (Wildman–Crippen LogP) is 2.08. The number of piperidine rings is 1. The van der Waals surface area contributed by atoms with E-state index in [1.54, 1.807) is 23.1 Å². The molecule has 1 fully saturated rings. The maximum atomic E-state index is 12.9. The fraction of sp³-hybridized carbons (Fsp3) is 0.333. The lowest BCUT2D eigenvalue weighted by atomic mass is 10.1. The zero-order valence-corrected chi connectivity index (χ0v) is 11.3. The van der Waals surface area contributed by atoms with Crippen LogP contribution in [0.25, 0.3) is 11.3 Å². The van der Waals surface area contributed by atoms with Gasteiger partial charge >= 0.3 is 0 Å². The zero-order valence-electron chi connectivity index (χ0n) is 11.3. The highest BCUT2D eigenvalue weighted by atomic mass is 19.1. The van der Waals surface area contributed by atoms with Gasteiger partial charge in [0.25, 0.3) is 5.91 Å². The van der Waals surface area contributed by atoms with Gasteiger partial charge in [0.05, 0.1) is 6.10 Å². The molecule has 0 unspecified atom stereocenters. The molecule has 6 heteroatoms. The van der Waals surface area contributed by atoms with Gasteiger partial charge in [-0.25, -0.2) is 4.39 Å². The van der Waals surface area contributed by atoms with Crippen molar-refractivity contribution in [1.29, 1.82) is 0 Å². The first-order valence-corrected chi connectivity index (χ1v) is 6.83. The molecular weight excluding hydrogens is 275 g/mol. The predicted molar refractivity (Wildman–Crippen MR) is 73.0 cm³/mol. The molecule has 5 nitrogen and oxygen atoms in total. The maximum Gasteiger partial charge on any atom is 0.276 e. The van der Waals surface area contributed by atoms with Crippen molar-refractivity contribution in [2.45, 2.75) is 18.9 Å². The van der Waals surface area contributed by atoms with E-state index in [-0.39, 0.29) is 23.5 Å². The molecule has 0 atom stereocenters. The third-order valence-corrected chi connectivity index (χ3v) is 3.61. The largest absolute Gasteiger partial charge is 0.393 e. The Morgan fingerprint density at radius 1 is 1.29 bits per heavy atom.